The first-order valence-electron chi connectivity index (χ1n) is 12.4. The minimum absolute atomic E-state index is 0.0826. The fraction of sp³-hybridized carbons (Fsp3) is 0.625. The Morgan fingerprint density at radius 3 is 2.49 bits per heavy atom. The SMILES string of the molecule is Cc1cc(C#N)ccc1N1CCN(S(=O)(=O)CC2(C(=O)NO)CCN(C(=O)O[C@H]3CCOC3)CC2)CC1. The first kappa shape index (κ1) is 27.1. The minimum atomic E-state index is -3.84. The summed E-state index contributed by atoms with van der Waals surface area (Å²) in [6.45, 7) is 4.53. The number of rotatable bonds is 6. The van der Waals surface area contributed by atoms with Gasteiger partial charge in [-0.15, -0.1) is 0 Å². The summed E-state index contributed by atoms with van der Waals surface area (Å²) < 4.78 is 38.9. The van der Waals surface area contributed by atoms with Crippen LogP contribution in [-0.2, 0) is 24.3 Å². The average molecular weight is 536 g/mol. The van der Waals surface area contributed by atoms with Crippen LogP contribution in [0.2, 0.25) is 0 Å². The summed E-state index contributed by atoms with van der Waals surface area (Å²) in [7, 11) is -3.84. The van der Waals surface area contributed by atoms with Crippen LogP contribution in [0.1, 0.15) is 30.4 Å². The fourth-order valence-corrected chi connectivity index (χ4v) is 7.24. The van der Waals surface area contributed by atoms with E-state index >= 15 is 0 Å². The quantitative estimate of drug-likeness (QED) is 0.398. The normalized spacial score (nSPS) is 22.4. The molecule has 37 heavy (non-hydrogen) atoms. The highest BCUT2D eigenvalue weighted by Gasteiger charge is 2.47. The van der Waals surface area contributed by atoms with Crippen LogP contribution >= 0.6 is 0 Å². The van der Waals surface area contributed by atoms with Gasteiger partial charge < -0.3 is 19.3 Å². The van der Waals surface area contributed by atoms with Gasteiger partial charge in [0.1, 0.15) is 6.10 Å². The summed E-state index contributed by atoms with van der Waals surface area (Å²) in [5.41, 5.74) is 2.75. The van der Waals surface area contributed by atoms with Crippen LogP contribution in [0.15, 0.2) is 18.2 Å². The summed E-state index contributed by atoms with van der Waals surface area (Å²) in [5, 5.41) is 18.5. The van der Waals surface area contributed by atoms with Crippen LogP contribution in [-0.4, -0.2) is 99.2 Å². The number of carbonyl (C=O) groups excluding carboxylic acids is 2. The minimum Gasteiger partial charge on any atom is -0.444 e. The fourth-order valence-electron chi connectivity index (χ4n) is 5.22. The molecule has 202 valence electrons. The first-order chi connectivity index (χ1) is 17.7. The molecule has 3 heterocycles. The smallest absolute Gasteiger partial charge is 0.410 e. The van der Waals surface area contributed by atoms with Gasteiger partial charge in [0.25, 0.3) is 5.91 Å². The number of ether oxygens (including phenoxy) is 2. The summed E-state index contributed by atoms with van der Waals surface area (Å²) in [5.74, 6) is -1.22. The molecule has 0 saturated carbocycles. The Labute approximate surface area is 216 Å². The molecule has 3 fully saturated rings. The predicted octanol–water partition coefficient (Wildman–Crippen LogP) is 0.832. The molecule has 0 aromatic heterocycles. The van der Waals surface area contributed by atoms with E-state index < -0.39 is 33.2 Å². The molecule has 0 bridgehead atoms. The maximum Gasteiger partial charge on any atom is 0.410 e. The van der Waals surface area contributed by atoms with Gasteiger partial charge in [0.15, 0.2) is 0 Å². The number of benzene rings is 1. The lowest BCUT2D eigenvalue weighted by Crippen LogP contribution is -2.56. The Bertz CT molecular complexity index is 1150. The highest BCUT2D eigenvalue weighted by atomic mass is 32.2. The third kappa shape index (κ3) is 5.98. The zero-order valence-corrected chi connectivity index (χ0v) is 21.7. The van der Waals surface area contributed by atoms with Gasteiger partial charge >= 0.3 is 6.09 Å². The standard InChI is InChI=1S/C24H33N5O7S/c1-18-14-19(15-25)2-3-21(18)27-9-11-29(12-10-27)37(33,34)17-24(22(30)26-32)5-7-28(8-6-24)23(31)36-20-4-13-35-16-20/h2-3,14,20,32H,4-13,16-17H2,1H3,(H,26,30)/t20-/m0/s1. The third-order valence-corrected chi connectivity index (χ3v) is 9.54. The van der Waals surface area contributed by atoms with Crippen molar-refractivity contribution in [2.75, 3.05) is 63.1 Å². The van der Waals surface area contributed by atoms with E-state index in [1.807, 2.05) is 13.0 Å². The van der Waals surface area contributed by atoms with Crippen LogP contribution in [0.3, 0.4) is 0 Å². The Hall–Kier alpha value is -2.92. The number of amides is 2. The van der Waals surface area contributed by atoms with E-state index in [0.29, 0.717) is 38.3 Å². The zero-order chi connectivity index (χ0) is 26.6. The second-order valence-electron chi connectivity index (χ2n) is 9.83. The maximum atomic E-state index is 13.4. The number of nitriles is 1. The van der Waals surface area contributed by atoms with Crippen molar-refractivity contribution in [1.29, 1.82) is 5.26 Å². The van der Waals surface area contributed by atoms with E-state index in [4.69, 9.17) is 14.7 Å². The van der Waals surface area contributed by atoms with Crippen molar-refractivity contribution in [3.05, 3.63) is 29.3 Å². The monoisotopic (exact) mass is 535 g/mol. The maximum absolute atomic E-state index is 13.4. The van der Waals surface area contributed by atoms with E-state index in [-0.39, 0.29) is 45.1 Å². The second-order valence-corrected chi connectivity index (χ2v) is 11.8. The number of likely N-dealkylation sites (tertiary alicyclic amines) is 1. The Morgan fingerprint density at radius 1 is 1.22 bits per heavy atom. The summed E-state index contributed by atoms with van der Waals surface area (Å²) in [6, 6.07) is 7.54. The Balaban J connectivity index is 1.38. The lowest BCUT2D eigenvalue weighted by Gasteiger charge is -2.41. The highest BCUT2D eigenvalue weighted by Crippen LogP contribution is 2.35. The van der Waals surface area contributed by atoms with Crippen LogP contribution in [0, 0.1) is 23.7 Å². The van der Waals surface area contributed by atoms with Gasteiger partial charge in [-0.1, -0.05) is 0 Å². The molecule has 1 atom stereocenters. The summed E-state index contributed by atoms with van der Waals surface area (Å²) >= 11 is 0. The van der Waals surface area contributed by atoms with E-state index in [2.05, 4.69) is 11.0 Å². The molecular weight excluding hydrogens is 502 g/mol. The lowest BCUT2D eigenvalue weighted by atomic mass is 9.79. The zero-order valence-electron chi connectivity index (χ0n) is 20.9. The summed E-state index contributed by atoms with van der Waals surface area (Å²) in [4.78, 5) is 28.7. The largest absolute Gasteiger partial charge is 0.444 e. The Morgan fingerprint density at radius 2 is 1.92 bits per heavy atom. The van der Waals surface area contributed by atoms with Crippen molar-refractivity contribution in [2.24, 2.45) is 5.41 Å². The number of nitrogens with zero attached hydrogens (tertiary/aromatic N) is 4. The number of piperidine rings is 1. The van der Waals surface area contributed by atoms with Gasteiger partial charge in [-0.25, -0.2) is 18.7 Å². The van der Waals surface area contributed by atoms with E-state index in [1.165, 1.54) is 9.21 Å². The van der Waals surface area contributed by atoms with Gasteiger partial charge in [0, 0.05) is 51.4 Å². The molecule has 0 unspecified atom stereocenters. The van der Waals surface area contributed by atoms with Gasteiger partial charge in [-0.2, -0.15) is 9.57 Å². The second kappa shape index (κ2) is 11.2. The Kier molecular flexibility index (Phi) is 8.23. The summed E-state index contributed by atoms with van der Waals surface area (Å²) in [6.07, 6.45) is -0.0109. The molecule has 0 spiro atoms. The number of hydrogen-bond acceptors (Lipinski definition) is 9. The molecule has 1 aromatic carbocycles. The molecule has 0 radical (unpaired) electrons. The van der Waals surface area contributed by atoms with Crippen LogP contribution in [0.25, 0.3) is 0 Å². The molecule has 3 aliphatic rings. The average Bonchev–Trinajstić information content (AvgIpc) is 3.41. The van der Waals surface area contributed by atoms with Crippen molar-refractivity contribution >= 4 is 27.7 Å². The molecule has 13 heteroatoms. The van der Waals surface area contributed by atoms with Gasteiger partial charge in [-0.3, -0.25) is 10.0 Å². The van der Waals surface area contributed by atoms with E-state index in [1.54, 1.807) is 17.6 Å². The molecule has 4 rings (SSSR count). The van der Waals surface area contributed by atoms with E-state index in [0.717, 1.165) is 11.3 Å². The number of hydrogen-bond donors (Lipinski definition) is 2. The predicted molar refractivity (Wildman–Crippen MR) is 132 cm³/mol. The van der Waals surface area contributed by atoms with Crippen LogP contribution in [0.4, 0.5) is 10.5 Å². The number of piperazine rings is 1. The van der Waals surface area contributed by atoms with Crippen LogP contribution < -0.4 is 10.4 Å². The van der Waals surface area contributed by atoms with Crippen molar-refractivity contribution < 1.29 is 32.7 Å². The first-order valence-corrected chi connectivity index (χ1v) is 14.0. The van der Waals surface area contributed by atoms with Crippen LogP contribution in [0.5, 0.6) is 0 Å². The number of hydroxylamine groups is 1. The van der Waals surface area contributed by atoms with E-state index in [9.17, 15) is 23.2 Å². The topological polar surface area (TPSA) is 153 Å². The number of carbonyl (C=O) groups is 2. The molecule has 12 nitrogen and oxygen atoms in total. The highest BCUT2D eigenvalue weighted by molar-refractivity contribution is 7.89. The van der Waals surface area contributed by atoms with Gasteiger partial charge in [-0.05, 0) is 43.5 Å². The molecule has 2 N–H and O–H groups in total. The van der Waals surface area contributed by atoms with Crippen molar-refractivity contribution in [3.63, 3.8) is 0 Å². The molecule has 2 amide bonds. The number of nitrogens with one attached hydrogen (secondary N) is 1. The lowest BCUT2D eigenvalue weighted by molar-refractivity contribution is -0.141. The number of anilines is 1. The molecule has 0 aliphatic carbocycles. The molecule has 1 aromatic rings. The molecular formula is C24H33N5O7S. The third-order valence-electron chi connectivity index (χ3n) is 7.47. The number of sulfonamides is 1. The van der Waals surface area contributed by atoms with Crippen molar-refractivity contribution in [2.45, 2.75) is 32.3 Å². The van der Waals surface area contributed by atoms with Crippen molar-refractivity contribution in [1.82, 2.24) is 14.7 Å². The molecule has 3 aliphatic heterocycles. The van der Waals surface area contributed by atoms with Gasteiger partial charge in [0.05, 0.1) is 36.0 Å². The molecule has 3 saturated heterocycles. The number of aryl methyl sites for hydroxylation is 1. The van der Waals surface area contributed by atoms with Gasteiger partial charge in [0.2, 0.25) is 10.0 Å². The van der Waals surface area contributed by atoms with Crippen molar-refractivity contribution in [3.8, 4) is 6.07 Å².